The van der Waals surface area contributed by atoms with E-state index in [-0.39, 0.29) is 23.8 Å². The van der Waals surface area contributed by atoms with Crippen molar-refractivity contribution in [2.75, 3.05) is 14.1 Å². The Morgan fingerprint density at radius 2 is 1.79 bits per heavy atom. The molecule has 0 amide bonds. The molecule has 0 heterocycles. The van der Waals surface area contributed by atoms with Crippen LogP contribution in [0.25, 0.3) is 0 Å². The number of hydrogen-bond donors (Lipinski definition) is 3. The van der Waals surface area contributed by atoms with Gasteiger partial charge >= 0.3 is 6.18 Å². The van der Waals surface area contributed by atoms with Gasteiger partial charge in [-0.25, -0.2) is 0 Å². The average Bonchev–Trinajstić information content (AvgIpc) is 2.92. The third kappa shape index (κ3) is 3.80. The van der Waals surface area contributed by atoms with Crippen molar-refractivity contribution in [1.29, 1.82) is 0 Å². The van der Waals surface area contributed by atoms with Crippen LogP contribution in [0.15, 0.2) is 22.8 Å². The maximum absolute atomic E-state index is 13.9. The van der Waals surface area contributed by atoms with Gasteiger partial charge in [0, 0.05) is 5.57 Å². The molecular formula is C22H34F3NO2. The Balaban J connectivity index is 0.000000706. The van der Waals surface area contributed by atoms with Crippen LogP contribution >= 0.6 is 0 Å². The second-order valence-corrected chi connectivity index (χ2v) is 9.48. The lowest BCUT2D eigenvalue weighted by atomic mass is 9.59. The summed E-state index contributed by atoms with van der Waals surface area (Å²) in [4.78, 5) is 0. The van der Waals surface area contributed by atoms with Gasteiger partial charge in [0.25, 0.3) is 0 Å². The van der Waals surface area contributed by atoms with E-state index in [0.717, 1.165) is 37.7 Å². The molecule has 0 spiro atoms. The fraction of sp³-hybridized carbons (Fsp3) is 0.818. The number of halogens is 3. The monoisotopic (exact) mass is 401 g/mol. The minimum absolute atomic E-state index is 0.00973. The molecule has 0 radical (unpaired) electrons. The number of aliphatic hydroxyl groups is 2. The van der Waals surface area contributed by atoms with E-state index in [1.807, 2.05) is 21.0 Å². The molecule has 3 nitrogen and oxygen atoms in total. The second-order valence-electron chi connectivity index (χ2n) is 9.48. The largest absolute Gasteiger partial charge is 0.413 e. The van der Waals surface area contributed by atoms with Crippen LogP contribution in [0.5, 0.6) is 0 Å². The summed E-state index contributed by atoms with van der Waals surface area (Å²) >= 11 is 0. The lowest BCUT2D eigenvalue weighted by molar-refractivity contribution is -0.117. The first-order valence-electron chi connectivity index (χ1n) is 10.6. The Kier molecular flexibility index (Phi) is 6.06. The summed E-state index contributed by atoms with van der Waals surface area (Å²) in [5.41, 5.74) is -1.33. The molecule has 4 aliphatic carbocycles. The van der Waals surface area contributed by atoms with Gasteiger partial charge in [-0.2, -0.15) is 13.2 Å². The molecule has 28 heavy (non-hydrogen) atoms. The van der Waals surface area contributed by atoms with Crippen LogP contribution in [0.2, 0.25) is 0 Å². The Bertz CT molecular complexity index is 657. The highest BCUT2D eigenvalue weighted by Gasteiger charge is 2.59. The van der Waals surface area contributed by atoms with Gasteiger partial charge in [-0.1, -0.05) is 25.0 Å². The van der Waals surface area contributed by atoms with Gasteiger partial charge in [0.1, 0.15) is 0 Å². The molecular weight excluding hydrogens is 367 g/mol. The molecule has 4 unspecified atom stereocenters. The predicted octanol–water partition coefficient (Wildman–Crippen LogP) is 4.50. The quantitative estimate of drug-likeness (QED) is 0.560. The second kappa shape index (κ2) is 7.77. The van der Waals surface area contributed by atoms with E-state index in [1.165, 1.54) is 0 Å². The SMILES string of the molecule is CC12CCCC1[C@@]1(O)CCC3CCC(O)CC3=CC1=C(C(F)(F)F)C2.CNC. The summed E-state index contributed by atoms with van der Waals surface area (Å²) in [7, 11) is 3.75. The summed E-state index contributed by atoms with van der Waals surface area (Å²) in [5.74, 6) is 0.107. The van der Waals surface area contributed by atoms with Crippen molar-refractivity contribution in [3.63, 3.8) is 0 Å². The highest BCUT2D eigenvalue weighted by atomic mass is 19.4. The Hall–Kier alpha value is -0.850. The predicted molar refractivity (Wildman–Crippen MR) is 104 cm³/mol. The zero-order valence-corrected chi connectivity index (χ0v) is 17.2. The molecule has 0 aliphatic heterocycles. The first kappa shape index (κ1) is 21.8. The van der Waals surface area contributed by atoms with Gasteiger partial charge in [0.15, 0.2) is 0 Å². The first-order chi connectivity index (χ1) is 13.0. The average molecular weight is 402 g/mol. The topological polar surface area (TPSA) is 52.5 Å². The van der Waals surface area contributed by atoms with E-state index in [2.05, 4.69) is 5.32 Å². The number of hydrogen-bond acceptors (Lipinski definition) is 3. The van der Waals surface area contributed by atoms with E-state index in [0.29, 0.717) is 19.3 Å². The lowest BCUT2D eigenvalue weighted by Gasteiger charge is -2.49. The van der Waals surface area contributed by atoms with Crippen LogP contribution in [0.3, 0.4) is 0 Å². The number of aliphatic hydroxyl groups excluding tert-OH is 1. The highest BCUT2D eigenvalue weighted by molar-refractivity contribution is 5.45. The van der Waals surface area contributed by atoms with Crippen molar-refractivity contribution in [3.05, 3.63) is 22.8 Å². The van der Waals surface area contributed by atoms with Crippen molar-refractivity contribution in [1.82, 2.24) is 5.32 Å². The van der Waals surface area contributed by atoms with Gasteiger partial charge in [-0.15, -0.1) is 0 Å². The third-order valence-electron chi connectivity index (χ3n) is 7.42. The van der Waals surface area contributed by atoms with Gasteiger partial charge in [-0.3, -0.25) is 0 Å². The number of nitrogens with one attached hydrogen (secondary N) is 1. The summed E-state index contributed by atoms with van der Waals surface area (Å²) in [5, 5.41) is 24.3. The van der Waals surface area contributed by atoms with Gasteiger partial charge in [0.05, 0.1) is 11.7 Å². The molecule has 3 N–H and O–H groups in total. The molecule has 0 aromatic heterocycles. The fourth-order valence-electron chi connectivity index (χ4n) is 6.19. The van der Waals surface area contributed by atoms with E-state index in [4.69, 9.17) is 0 Å². The molecule has 0 aromatic rings. The lowest BCUT2D eigenvalue weighted by Crippen LogP contribution is -2.50. The van der Waals surface area contributed by atoms with Crippen LogP contribution in [0.4, 0.5) is 13.2 Å². The van der Waals surface area contributed by atoms with Crippen LogP contribution in [0, 0.1) is 17.3 Å². The van der Waals surface area contributed by atoms with Crippen molar-refractivity contribution < 1.29 is 23.4 Å². The maximum Gasteiger partial charge on any atom is 0.413 e. The van der Waals surface area contributed by atoms with E-state index < -0.39 is 28.9 Å². The Morgan fingerprint density at radius 3 is 2.43 bits per heavy atom. The first-order valence-corrected chi connectivity index (χ1v) is 10.6. The zero-order valence-electron chi connectivity index (χ0n) is 17.2. The molecule has 6 heteroatoms. The smallest absolute Gasteiger partial charge is 0.393 e. The van der Waals surface area contributed by atoms with Gasteiger partial charge in [0.2, 0.25) is 0 Å². The summed E-state index contributed by atoms with van der Waals surface area (Å²) < 4.78 is 41.7. The fourth-order valence-corrected chi connectivity index (χ4v) is 6.19. The minimum atomic E-state index is -4.41. The van der Waals surface area contributed by atoms with Crippen molar-refractivity contribution in [2.45, 2.75) is 82.6 Å². The minimum Gasteiger partial charge on any atom is -0.393 e. The Labute approximate surface area is 166 Å². The molecule has 0 bridgehead atoms. The summed E-state index contributed by atoms with van der Waals surface area (Å²) in [6.45, 7) is 1.93. The molecule has 4 aliphatic rings. The number of fused-ring (bicyclic) bond motifs is 4. The van der Waals surface area contributed by atoms with Crippen LogP contribution < -0.4 is 5.32 Å². The number of rotatable bonds is 0. The number of allylic oxidation sites excluding steroid dienone is 1. The van der Waals surface area contributed by atoms with Crippen molar-refractivity contribution >= 4 is 0 Å². The van der Waals surface area contributed by atoms with Crippen LogP contribution in [0.1, 0.15) is 64.7 Å². The standard InChI is InChI=1S/C20H27F3O2.C2H7N/c1-18-7-2-3-17(18)19(25)8-6-12-4-5-14(24)9-13(12)10-15(19)16(11-18)20(21,22)23;1-3-2/h10,12,14,17,24-25H,2-9,11H2,1H3;3H,1-2H3/t12?,14?,17?,18?,19-;/m1./s1. The van der Waals surface area contributed by atoms with E-state index >= 15 is 0 Å². The Morgan fingerprint density at radius 1 is 1.11 bits per heavy atom. The molecule has 160 valence electrons. The molecule has 0 saturated heterocycles. The van der Waals surface area contributed by atoms with E-state index in [9.17, 15) is 23.4 Å². The molecule has 2 saturated carbocycles. The highest BCUT2D eigenvalue weighted by Crippen LogP contribution is 2.62. The molecule has 5 atom stereocenters. The third-order valence-corrected chi connectivity index (χ3v) is 7.42. The summed E-state index contributed by atoms with van der Waals surface area (Å²) in [6.07, 6.45) is 2.29. The van der Waals surface area contributed by atoms with Crippen LogP contribution in [-0.2, 0) is 0 Å². The van der Waals surface area contributed by atoms with Gasteiger partial charge < -0.3 is 15.5 Å². The van der Waals surface area contributed by atoms with Crippen molar-refractivity contribution in [2.24, 2.45) is 17.3 Å². The normalized spacial score (nSPS) is 40.4. The van der Waals surface area contributed by atoms with E-state index in [1.54, 1.807) is 6.08 Å². The molecule has 0 aromatic carbocycles. The molecule has 4 rings (SSSR count). The number of alkyl halides is 3. The zero-order chi connectivity index (χ0) is 20.7. The van der Waals surface area contributed by atoms with Gasteiger partial charge in [-0.05, 0) is 88.3 Å². The summed E-state index contributed by atoms with van der Waals surface area (Å²) in [6, 6.07) is 0. The van der Waals surface area contributed by atoms with Crippen molar-refractivity contribution in [3.8, 4) is 0 Å². The van der Waals surface area contributed by atoms with Crippen LogP contribution in [-0.4, -0.2) is 42.2 Å². The maximum atomic E-state index is 13.9. The molecule has 2 fully saturated rings.